The number of carbonyl (C=O) groups excluding carboxylic acids is 2. The Balaban J connectivity index is 0.000000215. The molecule has 0 radical (unpaired) electrons. The van der Waals surface area contributed by atoms with Gasteiger partial charge < -0.3 is 37.0 Å². The van der Waals surface area contributed by atoms with Gasteiger partial charge in [0.25, 0.3) is 0 Å². The molecule has 2 amide bonds. The van der Waals surface area contributed by atoms with Crippen molar-refractivity contribution in [1.29, 1.82) is 0 Å². The number of anilines is 4. The highest BCUT2D eigenvalue weighted by Crippen LogP contribution is 2.18. The van der Waals surface area contributed by atoms with Crippen LogP contribution >= 0.6 is 0 Å². The Kier molecular flexibility index (Phi) is 13.4. The first kappa shape index (κ1) is 31.8. The molecule has 12 heteroatoms. The lowest BCUT2D eigenvalue weighted by Crippen LogP contribution is -2.19. The molecule has 0 saturated heterocycles. The molecular weight excluding hydrogens is 524 g/mol. The van der Waals surface area contributed by atoms with E-state index >= 15 is 0 Å². The number of amidine groups is 2. The number of rotatable bonds is 9. The smallest absolute Gasteiger partial charge is 0.335 e. The third-order valence-corrected chi connectivity index (χ3v) is 5.66. The number of aliphatic imine (C=N–C) groups is 2. The molecule has 0 unspecified atom stereocenters. The van der Waals surface area contributed by atoms with Gasteiger partial charge in [0.2, 0.25) is 12.8 Å². The van der Waals surface area contributed by atoms with Crippen molar-refractivity contribution in [3.8, 4) is 0 Å². The second kappa shape index (κ2) is 17.2. The molecule has 4 rings (SSSR count). The number of nitrogens with one attached hydrogen (secondary N) is 6. The zero-order chi connectivity index (χ0) is 30.0. The van der Waals surface area contributed by atoms with Gasteiger partial charge in [-0.05, 0) is 66.7 Å². The van der Waals surface area contributed by atoms with E-state index in [9.17, 15) is 14.4 Å². The van der Waals surface area contributed by atoms with Crippen LogP contribution in [0, 0.1) is 0 Å². The molecule has 216 valence electrons. The van der Waals surface area contributed by atoms with Gasteiger partial charge in [-0.1, -0.05) is 0 Å². The zero-order valence-electron chi connectivity index (χ0n) is 23.5. The molecule has 1 heterocycles. The maximum atomic E-state index is 10.7. The van der Waals surface area contributed by atoms with Gasteiger partial charge in [0, 0.05) is 68.6 Å². The number of aromatic carboxylic acids is 1. The number of carbonyl (C=O) groups is 3. The van der Waals surface area contributed by atoms with E-state index in [4.69, 9.17) is 5.11 Å². The number of nitrogens with zero attached hydrogens (tertiary/aromatic N) is 2. The van der Waals surface area contributed by atoms with E-state index in [2.05, 4.69) is 41.9 Å². The topological polar surface area (TPSA) is 168 Å². The summed E-state index contributed by atoms with van der Waals surface area (Å²) in [5.74, 6) is 0.832. The molecule has 0 bridgehead atoms. The minimum atomic E-state index is -0.923. The maximum absolute atomic E-state index is 10.7. The van der Waals surface area contributed by atoms with Gasteiger partial charge in [-0.2, -0.15) is 0 Å². The van der Waals surface area contributed by atoms with Crippen LogP contribution < -0.4 is 31.9 Å². The number of amides is 2. The molecule has 3 aromatic carbocycles. The number of carboxylic acid groups (broad SMARTS) is 1. The summed E-state index contributed by atoms with van der Waals surface area (Å²) in [5.41, 5.74) is 5.45. The molecule has 0 spiro atoms. The van der Waals surface area contributed by atoms with Crippen molar-refractivity contribution in [3.05, 3.63) is 83.4 Å². The van der Waals surface area contributed by atoms with E-state index in [1.54, 1.807) is 33.3 Å². The first-order chi connectivity index (χ1) is 19.9. The average molecular weight is 561 g/mol. The first-order valence-corrected chi connectivity index (χ1v) is 12.7. The third-order valence-electron chi connectivity index (χ3n) is 5.66. The molecule has 0 aliphatic carbocycles. The van der Waals surface area contributed by atoms with Crippen LogP contribution in [0.2, 0.25) is 0 Å². The van der Waals surface area contributed by atoms with Crippen LogP contribution in [0.1, 0.15) is 21.5 Å². The minimum Gasteiger partial charge on any atom is -0.478 e. The lowest BCUT2D eigenvalue weighted by molar-refractivity contribution is -0.106. The Morgan fingerprint density at radius 2 is 1.37 bits per heavy atom. The molecule has 3 aromatic rings. The number of carboxylic acids is 1. The molecule has 1 aliphatic rings. The predicted molar refractivity (Wildman–Crippen MR) is 166 cm³/mol. The van der Waals surface area contributed by atoms with Crippen molar-refractivity contribution in [2.45, 2.75) is 0 Å². The summed E-state index contributed by atoms with van der Waals surface area (Å²) < 4.78 is 0. The number of hydrogen-bond acceptors (Lipinski definition) is 8. The largest absolute Gasteiger partial charge is 0.478 e. The fraction of sp³-hybridized carbons (Fsp3) is 0.207. The highest BCUT2D eigenvalue weighted by atomic mass is 16.4. The highest BCUT2D eigenvalue weighted by molar-refractivity contribution is 6.00. The van der Waals surface area contributed by atoms with Gasteiger partial charge in [0.05, 0.1) is 12.1 Å². The summed E-state index contributed by atoms with van der Waals surface area (Å²) in [4.78, 5) is 39.4. The Morgan fingerprint density at radius 3 is 1.76 bits per heavy atom. The quantitative estimate of drug-likeness (QED) is 0.119. The minimum absolute atomic E-state index is 0.274. The van der Waals surface area contributed by atoms with Crippen LogP contribution in [0.5, 0.6) is 0 Å². The lowest BCUT2D eigenvalue weighted by atomic mass is 10.1. The zero-order valence-corrected chi connectivity index (χ0v) is 23.5. The molecule has 0 saturated carbocycles. The van der Waals surface area contributed by atoms with E-state index in [0.717, 1.165) is 58.6 Å². The molecule has 0 atom stereocenters. The Bertz CT molecular complexity index is 1270. The van der Waals surface area contributed by atoms with E-state index in [1.165, 1.54) is 0 Å². The van der Waals surface area contributed by atoms with Gasteiger partial charge in [0.1, 0.15) is 11.7 Å². The molecule has 1 aliphatic heterocycles. The SMILES string of the molecule is CN=C(NC)c1ccc(NC=O)cc1.CNc1cc(NC)cc(C(=O)O)c1.O=CNc1ccc(C2=NCCN2)cc1. The van der Waals surface area contributed by atoms with Crippen molar-refractivity contribution >= 4 is 53.2 Å². The lowest BCUT2D eigenvalue weighted by Gasteiger charge is -2.06. The van der Waals surface area contributed by atoms with Crippen LogP contribution in [0.4, 0.5) is 22.7 Å². The van der Waals surface area contributed by atoms with Crippen LogP contribution in [0.25, 0.3) is 0 Å². The Hall–Kier alpha value is -5.39. The van der Waals surface area contributed by atoms with E-state index in [-0.39, 0.29) is 5.56 Å². The summed E-state index contributed by atoms with van der Waals surface area (Å²) in [6, 6.07) is 20.0. The van der Waals surface area contributed by atoms with Crippen molar-refractivity contribution in [3.63, 3.8) is 0 Å². The van der Waals surface area contributed by atoms with Crippen molar-refractivity contribution < 1.29 is 19.5 Å². The summed E-state index contributed by atoms with van der Waals surface area (Å²) >= 11 is 0. The van der Waals surface area contributed by atoms with Crippen LogP contribution in [0.3, 0.4) is 0 Å². The monoisotopic (exact) mass is 560 g/mol. The maximum Gasteiger partial charge on any atom is 0.335 e. The molecule has 0 fully saturated rings. The second-order valence-electron chi connectivity index (χ2n) is 8.26. The molecular formula is C29H36N8O4. The van der Waals surface area contributed by atoms with Crippen molar-refractivity contribution in [2.75, 3.05) is 62.5 Å². The summed E-state index contributed by atoms with van der Waals surface area (Å²) in [6.07, 6.45) is 1.32. The fourth-order valence-electron chi connectivity index (χ4n) is 3.60. The van der Waals surface area contributed by atoms with E-state index < -0.39 is 5.97 Å². The Labute approximate surface area is 239 Å². The third kappa shape index (κ3) is 10.4. The van der Waals surface area contributed by atoms with E-state index in [0.29, 0.717) is 12.8 Å². The number of hydrogen-bond donors (Lipinski definition) is 7. The van der Waals surface area contributed by atoms with Gasteiger partial charge in [-0.25, -0.2) is 4.79 Å². The normalized spacial score (nSPS) is 11.6. The van der Waals surface area contributed by atoms with Crippen LogP contribution in [0.15, 0.2) is 76.7 Å². The van der Waals surface area contributed by atoms with Crippen LogP contribution in [-0.4, -0.2) is 76.8 Å². The highest BCUT2D eigenvalue weighted by Gasteiger charge is 2.07. The second-order valence-corrected chi connectivity index (χ2v) is 8.26. The molecule has 0 aromatic heterocycles. The number of benzene rings is 3. The van der Waals surface area contributed by atoms with Gasteiger partial charge in [0.15, 0.2) is 0 Å². The van der Waals surface area contributed by atoms with Gasteiger partial charge in [-0.15, -0.1) is 0 Å². The fourth-order valence-corrected chi connectivity index (χ4v) is 3.60. The summed E-state index contributed by atoms with van der Waals surface area (Å²) in [5, 5.41) is 25.9. The van der Waals surface area contributed by atoms with Crippen LogP contribution in [-0.2, 0) is 9.59 Å². The van der Waals surface area contributed by atoms with Crippen molar-refractivity contribution in [2.24, 2.45) is 9.98 Å². The predicted octanol–water partition coefficient (Wildman–Crippen LogP) is 2.92. The Morgan fingerprint density at radius 1 is 0.829 bits per heavy atom. The summed E-state index contributed by atoms with van der Waals surface area (Å²) in [6.45, 7) is 1.74. The first-order valence-electron chi connectivity index (χ1n) is 12.7. The standard InChI is InChI=1S/C10H11N3O.C10H13N3O.C9H12N2O2/c14-7-13-9-3-1-8(2-4-9)10-11-5-6-12-10;1-11-10(12-2)8-3-5-9(6-4-8)13-7-14;1-10-7-3-6(9(12)13)4-8(5-7)11-2/h1-4,7H,5-6H2,(H,11,12)(H,13,14);3-7H,1-2H3,(H,11,12)(H,13,14);3-5,10-11H,1-2H3,(H,12,13). The van der Waals surface area contributed by atoms with Crippen molar-refractivity contribution in [1.82, 2.24) is 10.6 Å². The average Bonchev–Trinajstić information content (AvgIpc) is 3.55. The van der Waals surface area contributed by atoms with Gasteiger partial charge >= 0.3 is 5.97 Å². The molecule has 41 heavy (non-hydrogen) atoms. The van der Waals surface area contributed by atoms with Gasteiger partial charge in [-0.3, -0.25) is 19.6 Å². The summed E-state index contributed by atoms with van der Waals surface area (Å²) in [7, 11) is 7.05. The molecule has 7 N–H and O–H groups in total. The molecule has 12 nitrogen and oxygen atoms in total. The van der Waals surface area contributed by atoms with E-state index in [1.807, 2.05) is 61.6 Å².